The van der Waals surface area contributed by atoms with Crippen LogP contribution in [0.5, 0.6) is 0 Å². The van der Waals surface area contributed by atoms with Gasteiger partial charge in [-0.2, -0.15) is 0 Å². The van der Waals surface area contributed by atoms with Crippen LogP contribution in [0, 0.1) is 0 Å². The van der Waals surface area contributed by atoms with Crippen molar-refractivity contribution in [3.05, 3.63) is 60.8 Å². The summed E-state index contributed by atoms with van der Waals surface area (Å²) < 4.78 is 34.0. The Labute approximate surface area is 330 Å². The van der Waals surface area contributed by atoms with Crippen molar-refractivity contribution in [3.63, 3.8) is 0 Å². The van der Waals surface area contributed by atoms with Gasteiger partial charge in [0.15, 0.2) is 0 Å². The molecule has 6 atom stereocenters. The average Bonchev–Trinajstić information content (AvgIpc) is 3.17. The highest BCUT2D eigenvalue weighted by Crippen LogP contribution is 2.47. The number of hydrogen-bond donors (Lipinski definition) is 6. The number of ether oxygens (including phenoxy) is 2. The van der Waals surface area contributed by atoms with Crippen LogP contribution in [0.2, 0.25) is 0 Å². The molecular formula is C42H73O12P. The van der Waals surface area contributed by atoms with Crippen molar-refractivity contribution in [3.8, 4) is 0 Å². The van der Waals surface area contributed by atoms with Crippen LogP contribution in [-0.2, 0) is 27.9 Å². The third-order valence-corrected chi connectivity index (χ3v) is 10.1. The van der Waals surface area contributed by atoms with Gasteiger partial charge in [-0.15, -0.1) is 0 Å². The van der Waals surface area contributed by atoms with E-state index < -0.39 is 63.1 Å². The lowest BCUT2D eigenvalue weighted by Gasteiger charge is -2.41. The second-order valence-corrected chi connectivity index (χ2v) is 15.5. The zero-order chi connectivity index (χ0) is 40.6. The number of phosphoric ester groups is 1. The van der Waals surface area contributed by atoms with Gasteiger partial charge in [-0.3, -0.25) is 13.8 Å². The fourth-order valence-corrected chi connectivity index (χ4v) is 6.83. The van der Waals surface area contributed by atoms with Gasteiger partial charge in [-0.05, 0) is 51.4 Å². The number of esters is 1. The largest absolute Gasteiger partial charge is 0.472 e. The van der Waals surface area contributed by atoms with Gasteiger partial charge in [-0.25, -0.2) is 4.57 Å². The highest BCUT2D eigenvalue weighted by molar-refractivity contribution is 7.47. The zero-order valence-electron chi connectivity index (χ0n) is 33.5. The van der Waals surface area contributed by atoms with E-state index in [1.54, 1.807) is 0 Å². The fourth-order valence-electron chi connectivity index (χ4n) is 5.86. The van der Waals surface area contributed by atoms with Crippen LogP contribution in [0.1, 0.15) is 136 Å². The number of aliphatic hydroxyl groups is 5. The van der Waals surface area contributed by atoms with Gasteiger partial charge in [-0.1, -0.05) is 139 Å². The molecule has 318 valence electrons. The molecule has 12 nitrogen and oxygen atoms in total. The van der Waals surface area contributed by atoms with E-state index in [4.69, 9.17) is 18.5 Å². The molecule has 1 fully saturated rings. The third kappa shape index (κ3) is 25.8. The molecule has 55 heavy (non-hydrogen) atoms. The number of carbonyl (C=O) groups is 1. The Morgan fingerprint density at radius 2 is 1.05 bits per heavy atom. The molecule has 0 saturated heterocycles. The lowest BCUT2D eigenvalue weighted by atomic mass is 9.85. The first-order valence-electron chi connectivity index (χ1n) is 20.6. The monoisotopic (exact) mass is 800 g/mol. The summed E-state index contributed by atoms with van der Waals surface area (Å²) in [5, 5.41) is 50.0. The van der Waals surface area contributed by atoms with Crippen LogP contribution in [0.25, 0.3) is 0 Å². The Hall–Kier alpha value is -1.96. The molecule has 1 aliphatic carbocycles. The van der Waals surface area contributed by atoms with Crippen LogP contribution in [-0.4, -0.2) is 98.9 Å². The van der Waals surface area contributed by atoms with Crippen molar-refractivity contribution in [2.24, 2.45) is 0 Å². The highest BCUT2D eigenvalue weighted by Gasteiger charge is 2.51. The van der Waals surface area contributed by atoms with E-state index in [-0.39, 0.29) is 13.0 Å². The Morgan fingerprint density at radius 3 is 1.56 bits per heavy atom. The number of phosphoric acid groups is 1. The van der Waals surface area contributed by atoms with Crippen molar-refractivity contribution in [2.45, 2.75) is 179 Å². The number of hydrogen-bond acceptors (Lipinski definition) is 11. The van der Waals surface area contributed by atoms with Crippen LogP contribution in [0.3, 0.4) is 0 Å². The molecule has 1 rings (SSSR count). The van der Waals surface area contributed by atoms with Gasteiger partial charge in [0.25, 0.3) is 0 Å². The van der Waals surface area contributed by atoms with E-state index in [9.17, 15) is 39.8 Å². The summed E-state index contributed by atoms with van der Waals surface area (Å²) in [5.41, 5.74) is 0. The summed E-state index contributed by atoms with van der Waals surface area (Å²) in [6.45, 7) is 4.05. The number of carbonyl (C=O) groups excluding carboxylic acids is 1. The van der Waals surface area contributed by atoms with Crippen LogP contribution in [0.4, 0.5) is 0 Å². The van der Waals surface area contributed by atoms with Crippen molar-refractivity contribution >= 4 is 13.8 Å². The zero-order valence-corrected chi connectivity index (χ0v) is 34.3. The van der Waals surface area contributed by atoms with E-state index in [1.807, 2.05) is 12.2 Å². The first kappa shape index (κ1) is 51.1. The maximum Gasteiger partial charge on any atom is 0.472 e. The number of unbranched alkanes of at least 4 members (excludes halogenated alkanes) is 11. The van der Waals surface area contributed by atoms with Crippen molar-refractivity contribution in [2.75, 3.05) is 19.8 Å². The van der Waals surface area contributed by atoms with Gasteiger partial charge in [0.1, 0.15) is 42.7 Å². The summed E-state index contributed by atoms with van der Waals surface area (Å²) in [5.74, 6) is -0.536. The van der Waals surface area contributed by atoms with E-state index in [0.717, 1.165) is 51.4 Å². The topological polar surface area (TPSA) is 192 Å². The molecule has 0 aliphatic heterocycles. The van der Waals surface area contributed by atoms with Crippen LogP contribution in [0.15, 0.2) is 60.8 Å². The summed E-state index contributed by atoms with van der Waals surface area (Å²) in [4.78, 5) is 23.0. The SMILES string of the molecule is CC/C=C\C/C=C\C/C=C\C/C=C\C/C=C\CCCC(=O)OC(COCCCCCCCCCCCCC)COP(=O)(O)OC1C(O)C(O)C(O)C(O)C1O. The van der Waals surface area contributed by atoms with E-state index >= 15 is 0 Å². The van der Waals surface area contributed by atoms with Gasteiger partial charge < -0.3 is 39.9 Å². The van der Waals surface area contributed by atoms with Gasteiger partial charge >= 0.3 is 13.8 Å². The number of allylic oxidation sites excluding steroid dienone is 10. The highest BCUT2D eigenvalue weighted by atomic mass is 31.2. The predicted octanol–water partition coefficient (Wildman–Crippen LogP) is 7.47. The second kappa shape index (κ2) is 33.1. The molecule has 13 heteroatoms. The summed E-state index contributed by atoms with van der Waals surface area (Å²) in [6, 6.07) is 0. The van der Waals surface area contributed by atoms with E-state index in [1.165, 1.54) is 51.4 Å². The smallest absolute Gasteiger partial charge is 0.457 e. The van der Waals surface area contributed by atoms with E-state index in [2.05, 4.69) is 62.5 Å². The molecule has 0 amide bonds. The van der Waals surface area contributed by atoms with Crippen LogP contribution >= 0.6 is 7.82 Å². The molecule has 0 heterocycles. The second-order valence-electron chi connectivity index (χ2n) is 14.1. The van der Waals surface area contributed by atoms with E-state index in [0.29, 0.717) is 19.4 Å². The normalized spacial score (nSPS) is 23.9. The number of aliphatic hydroxyl groups excluding tert-OH is 5. The van der Waals surface area contributed by atoms with Crippen molar-refractivity contribution in [1.29, 1.82) is 0 Å². The molecule has 0 bridgehead atoms. The van der Waals surface area contributed by atoms with Gasteiger partial charge in [0.05, 0.1) is 13.2 Å². The molecule has 6 unspecified atom stereocenters. The van der Waals surface area contributed by atoms with Gasteiger partial charge in [0, 0.05) is 13.0 Å². The molecule has 1 aliphatic rings. The molecule has 0 spiro atoms. The molecule has 0 aromatic rings. The lowest BCUT2D eigenvalue weighted by molar-refractivity contribution is -0.220. The minimum Gasteiger partial charge on any atom is -0.457 e. The Kier molecular flexibility index (Phi) is 30.7. The Balaban J connectivity index is 2.50. The predicted molar refractivity (Wildman–Crippen MR) is 216 cm³/mol. The first-order valence-corrected chi connectivity index (χ1v) is 22.1. The molecule has 6 N–H and O–H groups in total. The molecule has 0 aromatic carbocycles. The van der Waals surface area contributed by atoms with Crippen molar-refractivity contribution < 1.29 is 58.3 Å². The molecule has 0 aromatic heterocycles. The lowest BCUT2D eigenvalue weighted by Crippen LogP contribution is -2.64. The van der Waals surface area contributed by atoms with Crippen LogP contribution < -0.4 is 0 Å². The molecule has 0 radical (unpaired) electrons. The standard InChI is InChI=1S/C42H73O12P/c1-3-5-7-9-11-13-15-16-17-18-19-20-21-23-25-27-29-31-36(43)53-35(33-51-32-30-28-26-24-22-14-12-10-8-6-4-2)34-52-55(49,50)54-42-40(47)38(45)37(44)39(46)41(42)48/h5,7,11,13,16-17,19-20,23,25,35,37-42,44-48H,3-4,6,8-10,12,14-15,18,21-22,24,26-34H2,1-2H3,(H,49,50)/b7-5-,13-11-,17-16-,20-19-,25-23-. The fraction of sp³-hybridized carbons (Fsp3) is 0.738. The quantitative estimate of drug-likeness (QED) is 0.0166. The summed E-state index contributed by atoms with van der Waals surface area (Å²) in [6.07, 6.45) is 27.3. The van der Waals surface area contributed by atoms with Crippen molar-refractivity contribution in [1.82, 2.24) is 0 Å². The Bertz CT molecular complexity index is 1140. The number of rotatable bonds is 33. The average molecular weight is 801 g/mol. The minimum atomic E-state index is -5.03. The molecular weight excluding hydrogens is 727 g/mol. The third-order valence-electron chi connectivity index (χ3n) is 9.15. The first-order chi connectivity index (χ1) is 26.5. The van der Waals surface area contributed by atoms with Gasteiger partial charge in [0.2, 0.25) is 0 Å². The summed E-state index contributed by atoms with van der Waals surface area (Å²) in [7, 11) is -5.03. The molecule has 1 saturated carbocycles. The minimum absolute atomic E-state index is 0.101. The Morgan fingerprint density at radius 1 is 0.600 bits per heavy atom. The maximum atomic E-state index is 12.8. The maximum absolute atomic E-state index is 12.8. The summed E-state index contributed by atoms with van der Waals surface area (Å²) >= 11 is 0.